The maximum absolute atomic E-state index is 12.1. The Bertz CT molecular complexity index is 867. The lowest BCUT2D eigenvalue weighted by Crippen LogP contribution is -2.27. The maximum Gasteiger partial charge on any atom is 0.261 e. The third-order valence-electron chi connectivity index (χ3n) is 3.39. The van der Waals surface area contributed by atoms with E-state index in [1.165, 1.54) is 11.3 Å². The van der Waals surface area contributed by atoms with Crippen LogP contribution in [0, 0.1) is 0 Å². The number of ether oxygens (including phenoxy) is 1. The zero-order valence-corrected chi connectivity index (χ0v) is 14.7. The highest BCUT2D eigenvalue weighted by Crippen LogP contribution is 2.26. The van der Waals surface area contributed by atoms with Crippen molar-refractivity contribution in [3.8, 4) is 11.6 Å². The number of nitrogens with zero attached hydrogens (tertiary/aromatic N) is 1. The third-order valence-corrected chi connectivity index (χ3v) is 4.25. The number of benzene rings is 1. The lowest BCUT2D eigenvalue weighted by Gasteiger charge is -2.11. The van der Waals surface area contributed by atoms with Crippen LogP contribution >= 0.6 is 11.3 Å². The van der Waals surface area contributed by atoms with Crippen molar-refractivity contribution in [1.29, 1.82) is 0 Å². The zero-order chi connectivity index (χ0) is 18.2. The predicted molar refractivity (Wildman–Crippen MR) is 101 cm³/mol. The first-order valence-electron chi connectivity index (χ1n) is 8.02. The third kappa shape index (κ3) is 4.90. The van der Waals surface area contributed by atoms with E-state index in [0.29, 0.717) is 22.2 Å². The molecule has 0 saturated carbocycles. The molecule has 1 aromatic carbocycles. The molecule has 3 aromatic rings. The average Bonchev–Trinajstić information content (AvgIpc) is 3.19. The maximum atomic E-state index is 12.1. The van der Waals surface area contributed by atoms with E-state index in [4.69, 9.17) is 4.74 Å². The Hall–Kier alpha value is -3.19. The highest BCUT2D eigenvalue weighted by molar-refractivity contribution is 7.12. The van der Waals surface area contributed by atoms with Crippen LogP contribution in [0.4, 0.5) is 5.69 Å². The summed E-state index contributed by atoms with van der Waals surface area (Å²) in [4.78, 5) is 28.8. The molecule has 2 heterocycles. The topological polar surface area (TPSA) is 80.3 Å². The molecular formula is C19H17N3O3S. The van der Waals surface area contributed by atoms with Gasteiger partial charge in [0, 0.05) is 19.2 Å². The normalized spacial score (nSPS) is 10.2. The number of hydrogen-bond donors (Lipinski definition) is 2. The second-order valence-corrected chi connectivity index (χ2v) is 6.25. The molecule has 2 amide bonds. The van der Waals surface area contributed by atoms with Gasteiger partial charge in [0.2, 0.25) is 11.8 Å². The Morgan fingerprint density at radius 3 is 2.65 bits per heavy atom. The molecule has 3 rings (SSSR count). The summed E-state index contributed by atoms with van der Waals surface area (Å²) in [5.41, 5.74) is 0.478. The van der Waals surface area contributed by atoms with E-state index in [-0.39, 0.29) is 24.8 Å². The quantitative estimate of drug-likeness (QED) is 0.667. The molecule has 0 atom stereocenters. The minimum absolute atomic E-state index is 0.150. The lowest BCUT2D eigenvalue weighted by molar-refractivity contribution is -0.116. The van der Waals surface area contributed by atoms with Gasteiger partial charge in [0.05, 0.1) is 4.88 Å². The fraction of sp³-hybridized carbons (Fsp3) is 0.105. The van der Waals surface area contributed by atoms with Crippen molar-refractivity contribution in [3.05, 3.63) is 71.1 Å². The Labute approximate surface area is 154 Å². The molecule has 7 heteroatoms. The Morgan fingerprint density at radius 1 is 1.04 bits per heavy atom. The van der Waals surface area contributed by atoms with E-state index in [1.807, 2.05) is 29.6 Å². The average molecular weight is 367 g/mol. The number of hydrogen-bond acceptors (Lipinski definition) is 5. The standard InChI is InChI=1S/C19H17N3O3S/c23-17(10-12-20-18(24)16-9-5-13-26-16)22-15-8-4-11-21-19(15)25-14-6-2-1-3-7-14/h1-9,11,13H,10,12H2,(H,20,24)(H,22,23). The van der Waals surface area contributed by atoms with Gasteiger partial charge in [-0.05, 0) is 35.7 Å². The van der Waals surface area contributed by atoms with E-state index < -0.39 is 0 Å². The van der Waals surface area contributed by atoms with E-state index in [9.17, 15) is 9.59 Å². The molecule has 0 spiro atoms. The van der Waals surface area contributed by atoms with Gasteiger partial charge in [-0.15, -0.1) is 11.3 Å². The van der Waals surface area contributed by atoms with Crippen molar-refractivity contribution in [2.75, 3.05) is 11.9 Å². The molecule has 2 aromatic heterocycles. The Morgan fingerprint density at radius 2 is 1.88 bits per heavy atom. The summed E-state index contributed by atoms with van der Waals surface area (Å²) in [5, 5.41) is 7.32. The van der Waals surface area contributed by atoms with E-state index in [1.54, 1.807) is 36.5 Å². The van der Waals surface area contributed by atoms with Crippen molar-refractivity contribution in [2.24, 2.45) is 0 Å². The molecule has 0 unspecified atom stereocenters. The molecule has 132 valence electrons. The van der Waals surface area contributed by atoms with Crippen LogP contribution in [0.1, 0.15) is 16.1 Å². The predicted octanol–water partition coefficient (Wildman–Crippen LogP) is 3.69. The van der Waals surface area contributed by atoms with Crippen LogP contribution in [-0.4, -0.2) is 23.3 Å². The van der Waals surface area contributed by atoms with E-state index >= 15 is 0 Å². The van der Waals surface area contributed by atoms with Gasteiger partial charge >= 0.3 is 0 Å². The number of amides is 2. The molecule has 6 nitrogen and oxygen atoms in total. The number of aromatic nitrogens is 1. The number of thiophene rings is 1. The van der Waals surface area contributed by atoms with Crippen LogP contribution < -0.4 is 15.4 Å². The van der Waals surface area contributed by atoms with Gasteiger partial charge in [-0.25, -0.2) is 4.98 Å². The molecule has 2 N–H and O–H groups in total. The van der Waals surface area contributed by atoms with Gasteiger partial charge in [-0.2, -0.15) is 0 Å². The molecular weight excluding hydrogens is 350 g/mol. The molecule has 26 heavy (non-hydrogen) atoms. The van der Waals surface area contributed by atoms with Crippen LogP contribution in [0.15, 0.2) is 66.2 Å². The van der Waals surface area contributed by atoms with Gasteiger partial charge < -0.3 is 15.4 Å². The summed E-state index contributed by atoms with van der Waals surface area (Å²) in [6, 6.07) is 16.2. The van der Waals surface area contributed by atoms with Crippen molar-refractivity contribution in [1.82, 2.24) is 10.3 Å². The summed E-state index contributed by atoms with van der Waals surface area (Å²) in [7, 11) is 0. The smallest absolute Gasteiger partial charge is 0.261 e. The number of carbonyl (C=O) groups is 2. The molecule has 0 aliphatic carbocycles. The van der Waals surface area contributed by atoms with Crippen molar-refractivity contribution < 1.29 is 14.3 Å². The van der Waals surface area contributed by atoms with Crippen molar-refractivity contribution in [2.45, 2.75) is 6.42 Å². The second kappa shape index (κ2) is 8.77. The van der Waals surface area contributed by atoms with Crippen LogP contribution in [0.3, 0.4) is 0 Å². The number of carbonyl (C=O) groups excluding carboxylic acids is 2. The van der Waals surface area contributed by atoms with E-state index in [0.717, 1.165) is 0 Å². The summed E-state index contributed by atoms with van der Waals surface area (Å²) >= 11 is 1.36. The number of rotatable bonds is 7. The largest absolute Gasteiger partial charge is 0.437 e. The lowest BCUT2D eigenvalue weighted by atomic mass is 10.3. The van der Waals surface area contributed by atoms with Crippen LogP contribution in [0.2, 0.25) is 0 Å². The monoisotopic (exact) mass is 367 g/mol. The van der Waals surface area contributed by atoms with Gasteiger partial charge in [0.1, 0.15) is 11.4 Å². The van der Waals surface area contributed by atoms with Gasteiger partial charge in [-0.1, -0.05) is 24.3 Å². The molecule has 0 radical (unpaired) electrons. The highest BCUT2D eigenvalue weighted by Gasteiger charge is 2.11. The van der Waals surface area contributed by atoms with Crippen LogP contribution in [0.5, 0.6) is 11.6 Å². The number of anilines is 1. The fourth-order valence-corrected chi connectivity index (χ4v) is 2.80. The number of pyridine rings is 1. The Kier molecular flexibility index (Phi) is 5.95. The van der Waals surface area contributed by atoms with Gasteiger partial charge in [0.25, 0.3) is 5.91 Å². The highest BCUT2D eigenvalue weighted by atomic mass is 32.1. The minimum Gasteiger partial charge on any atom is -0.437 e. The summed E-state index contributed by atoms with van der Waals surface area (Å²) in [6.45, 7) is 0.248. The zero-order valence-electron chi connectivity index (χ0n) is 13.8. The molecule has 0 aliphatic rings. The minimum atomic E-state index is -0.234. The van der Waals surface area contributed by atoms with Crippen molar-refractivity contribution in [3.63, 3.8) is 0 Å². The molecule has 0 fully saturated rings. The Balaban J connectivity index is 1.53. The van der Waals surface area contributed by atoms with Crippen LogP contribution in [-0.2, 0) is 4.79 Å². The van der Waals surface area contributed by atoms with Gasteiger partial charge in [-0.3, -0.25) is 9.59 Å². The summed E-state index contributed by atoms with van der Waals surface area (Å²) in [6.07, 6.45) is 1.74. The SMILES string of the molecule is O=C(CCNC(=O)c1cccs1)Nc1cccnc1Oc1ccccc1. The fourth-order valence-electron chi connectivity index (χ4n) is 2.16. The molecule has 0 saturated heterocycles. The number of para-hydroxylation sites is 1. The molecule has 0 aliphatic heterocycles. The second-order valence-electron chi connectivity index (χ2n) is 5.30. The first kappa shape index (κ1) is 17.6. The number of nitrogens with one attached hydrogen (secondary N) is 2. The van der Waals surface area contributed by atoms with Crippen molar-refractivity contribution >= 4 is 28.8 Å². The summed E-state index contributed by atoms with van der Waals surface area (Å²) < 4.78 is 5.71. The summed E-state index contributed by atoms with van der Waals surface area (Å²) in [5.74, 6) is 0.532. The van der Waals surface area contributed by atoms with E-state index in [2.05, 4.69) is 15.6 Å². The van der Waals surface area contributed by atoms with Crippen LogP contribution in [0.25, 0.3) is 0 Å². The van der Waals surface area contributed by atoms with Gasteiger partial charge in [0.15, 0.2) is 0 Å². The first-order chi connectivity index (χ1) is 12.7. The molecule has 0 bridgehead atoms. The first-order valence-corrected chi connectivity index (χ1v) is 8.90.